The Labute approximate surface area is 259 Å². The van der Waals surface area contributed by atoms with E-state index in [1.165, 1.54) is 30.5 Å². The van der Waals surface area contributed by atoms with E-state index in [0.717, 1.165) is 0 Å². The molecule has 8 atom stereocenters. The molecule has 0 amide bonds. The smallest absolute Gasteiger partial charge is 0.330 e. The monoisotopic (exact) mass is 663 g/mol. The Balaban J connectivity index is 1.14. The molecule has 3 unspecified atom stereocenters. The predicted octanol–water partition coefficient (Wildman–Crippen LogP) is -0.203. The van der Waals surface area contributed by atoms with Crippen LogP contribution in [0.2, 0.25) is 0 Å². The first kappa shape index (κ1) is 31.6. The molecular weight excluding hydrogens is 633 g/mol. The Morgan fingerprint density at radius 2 is 1.93 bits per heavy atom. The lowest BCUT2D eigenvalue weighted by Crippen LogP contribution is -2.35. The first-order valence-electron chi connectivity index (χ1n) is 13.7. The Hall–Kier alpha value is -3.42. The highest BCUT2D eigenvalue weighted by molar-refractivity contribution is 8.07. The third-order valence-corrected chi connectivity index (χ3v) is 9.23. The SMILES string of the molecule is COC1[C@@H](O)[C@@H](COP(O)(=S)OC2C[C@H](n3cc(-c4ccccc4)c(=O)[nH]c3=O)O[C@@H]2CO)O[C@H]1n1cnc2c(N)ncnc21. The van der Waals surface area contributed by atoms with Crippen molar-refractivity contribution in [3.05, 3.63) is 70.0 Å². The number of fused-ring (bicyclic) bond motifs is 1. The standard InChI is InChI=1S/C26H30N7O10PS/c1-39-21-20(35)17(42-25(21)33-12-30-19-22(27)28-11-29-23(19)33)10-40-44(38,45)43-15-7-18(41-16(15)9-34)32-8-14(24(36)31-26(32)37)13-5-3-2-4-6-13/h2-6,8,11-12,15-18,20-21,25,34-35H,7,9-10H2,1H3,(H,38,45)(H2,27,28,29)(H,31,36,37)/t15?,16-,17-,18-,20+,21?,25-,44?/m1/s1. The first-order chi connectivity index (χ1) is 21.6. The van der Waals surface area contributed by atoms with Gasteiger partial charge in [0.05, 0.1) is 31.2 Å². The number of nitrogens with two attached hydrogens (primary N) is 1. The third kappa shape index (κ3) is 6.22. The number of aromatic nitrogens is 6. The molecule has 6 rings (SSSR count). The van der Waals surface area contributed by atoms with Gasteiger partial charge in [0, 0.05) is 19.7 Å². The summed E-state index contributed by atoms with van der Waals surface area (Å²) >= 11 is 5.24. The lowest BCUT2D eigenvalue weighted by atomic mass is 10.1. The lowest BCUT2D eigenvalue weighted by Gasteiger charge is -2.24. The fourth-order valence-corrected chi connectivity index (χ4v) is 6.90. The van der Waals surface area contributed by atoms with E-state index in [9.17, 15) is 24.7 Å². The van der Waals surface area contributed by atoms with E-state index >= 15 is 0 Å². The Morgan fingerprint density at radius 3 is 2.67 bits per heavy atom. The highest BCUT2D eigenvalue weighted by Gasteiger charge is 2.47. The van der Waals surface area contributed by atoms with Gasteiger partial charge in [-0.2, -0.15) is 0 Å². The van der Waals surface area contributed by atoms with Gasteiger partial charge in [-0.05, 0) is 17.4 Å². The molecule has 19 heteroatoms. The van der Waals surface area contributed by atoms with Gasteiger partial charge in [0.15, 0.2) is 17.7 Å². The van der Waals surface area contributed by atoms with Gasteiger partial charge in [-0.15, -0.1) is 0 Å². The summed E-state index contributed by atoms with van der Waals surface area (Å²) in [6, 6.07) is 8.75. The number of anilines is 1. The van der Waals surface area contributed by atoms with Crippen LogP contribution in [0.25, 0.3) is 22.3 Å². The average Bonchev–Trinajstić information content (AvgIpc) is 3.71. The van der Waals surface area contributed by atoms with Crippen LogP contribution in [0.3, 0.4) is 0 Å². The molecule has 45 heavy (non-hydrogen) atoms. The quantitative estimate of drug-likeness (QED) is 0.138. The van der Waals surface area contributed by atoms with Crippen molar-refractivity contribution >= 4 is 35.5 Å². The number of aliphatic hydroxyl groups excluding tert-OH is 2. The number of ether oxygens (including phenoxy) is 3. The second kappa shape index (κ2) is 12.8. The van der Waals surface area contributed by atoms with Crippen LogP contribution >= 0.6 is 6.72 Å². The number of nitrogens with zero attached hydrogens (tertiary/aromatic N) is 5. The van der Waals surface area contributed by atoms with Crippen molar-refractivity contribution in [2.24, 2.45) is 0 Å². The van der Waals surface area contributed by atoms with Crippen LogP contribution in [0, 0.1) is 0 Å². The van der Waals surface area contributed by atoms with Gasteiger partial charge in [0.2, 0.25) is 0 Å². The van der Waals surface area contributed by atoms with Crippen molar-refractivity contribution in [1.82, 2.24) is 29.1 Å². The number of nitrogens with one attached hydrogen (secondary N) is 1. The van der Waals surface area contributed by atoms with Gasteiger partial charge in [0.25, 0.3) is 5.56 Å². The molecule has 0 radical (unpaired) electrons. The normalized spacial score (nSPS) is 28.0. The summed E-state index contributed by atoms with van der Waals surface area (Å²) in [6.07, 6.45) is -2.82. The molecule has 2 fully saturated rings. The summed E-state index contributed by atoms with van der Waals surface area (Å²) in [5.74, 6) is 0.172. The number of imidazole rings is 1. The van der Waals surface area contributed by atoms with Gasteiger partial charge < -0.3 is 44.1 Å². The first-order valence-corrected chi connectivity index (χ1v) is 16.3. The van der Waals surface area contributed by atoms with Crippen LogP contribution in [0.1, 0.15) is 18.9 Å². The lowest BCUT2D eigenvalue weighted by molar-refractivity contribution is -0.0599. The van der Waals surface area contributed by atoms with Gasteiger partial charge in [0.1, 0.15) is 42.5 Å². The molecule has 4 aromatic rings. The van der Waals surface area contributed by atoms with Crippen molar-refractivity contribution in [3.63, 3.8) is 0 Å². The van der Waals surface area contributed by atoms with Crippen LogP contribution in [-0.2, 0) is 35.1 Å². The number of benzene rings is 1. The van der Waals surface area contributed by atoms with Crippen LogP contribution in [0.5, 0.6) is 0 Å². The van der Waals surface area contributed by atoms with Crippen LogP contribution in [-0.4, -0.2) is 95.0 Å². The van der Waals surface area contributed by atoms with Gasteiger partial charge >= 0.3 is 12.4 Å². The van der Waals surface area contributed by atoms with Gasteiger partial charge in [-0.1, -0.05) is 30.3 Å². The molecule has 2 aliphatic heterocycles. The fourth-order valence-electron chi connectivity index (χ4n) is 5.43. The molecule has 0 saturated carbocycles. The van der Waals surface area contributed by atoms with Crippen LogP contribution in [0.15, 0.2) is 58.8 Å². The summed E-state index contributed by atoms with van der Waals surface area (Å²) in [5, 5.41) is 20.9. The van der Waals surface area contributed by atoms with Crippen molar-refractivity contribution in [2.75, 3.05) is 26.1 Å². The predicted molar refractivity (Wildman–Crippen MR) is 160 cm³/mol. The number of aliphatic hydroxyl groups is 2. The molecule has 0 bridgehead atoms. The minimum atomic E-state index is -4.01. The molecule has 0 aliphatic carbocycles. The summed E-state index contributed by atoms with van der Waals surface area (Å²) in [5.41, 5.74) is 6.12. The van der Waals surface area contributed by atoms with E-state index < -0.39 is 67.6 Å². The zero-order valence-corrected chi connectivity index (χ0v) is 25.4. The number of nitrogen functional groups attached to an aromatic ring is 1. The zero-order valence-electron chi connectivity index (χ0n) is 23.6. The molecule has 17 nitrogen and oxygen atoms in total. The van der Waals surface area contributed by atoms with Crippen LogP contribution < -0.4 is 17.0 Å². The van der Waals surface area contributed by atoms with E-state index in [-0.39, 0.29) is 24.4 Å². The van der Waals surface area contributed by atoms with E-state index in [2.05, 4.69) is 19.9 Å². The maximum Gasteiger partial charge on any atom is 0.330 e. The van der Waals surface area contributed by atoms with Gasteiger partial charge in [-0.25, -0.2) is 19.7 Å². The van der Waals surface area contributed by atoms with Crippen molar-refractivity contribution in [2.45, 2.75) is 49.4 Å². The third-order valence-electron chi connectivity index (χ3n) is 7.64. The van der Waals surface area contributed by atoms with Crippen molar-refractivity contribution < 1.29 is 38.4 Å². The van der Waals surface area contributed by atoms with E-state index in [1.807, 2.05) is 0 Å². The topological polar surface area (TPSA) is 231 Å². The summed E-state index contributed by atoms with van der Waals surface area (Å²) in [6.45, 7) is -4.91. The largest absolute Gasteiger partial charge is 0.394 e. The highest BCUT2D eigenvalue weighted by atomic mass is 32.5. The van der Waals surface area contributed by atoms with Crippen molar-refractivity contribution in [1.29, 1.82) is 0 Å². The van der Waals surface area contributed by atoms with E-state index in [4.69, 9.17) is 40.8 Å². The second-order valence-electron chi connectivity index (χ2n) is 10.4. The van der Waals surface area contributed by atoms with Crippen LogP contribution in [0.4, 0.5) is 5.82 Å². The number of hydrogen-bond acceptors (Lipinski definition) is 14. The Bertz CT molecular complexity index is 1840. The minimum Gasteiger partial charge on any atom is -0.394 e. The second-order valence-corrected chi connectivity index (χ2v) is 13.2. The average molecular weight is 664 g/mol. The van der Waals surface area contributed by atoms with E-state index in [0.29, 0.717) is 16.7 Å². The van der Waals surface area contributed by atoms with E-state index in [1.54, 1.807) is 34.9 Å². The molecule has 240 valence electrons. The summed E-state index contributed by atoms with van der Waals surface area (Å²) in [7, 11) is 1.40. The number of H-pyrrole nitrogens is 1. The maximum absolute atomic E-state index is 12.7. The van der Waals surface area contributed by atoms with Gasteiger partial charge in [-0.3, -0.25) is 18.9 Å². The molecule has 0 spiro atoms. The number of methoxy groups -OCH3 is 1. The minimum absolute atomic E-state index is 0.0111. The molecule has 2 aliphatic rings. The Kier molecular flexibility index (Phi) is 8.95. The molecule has 5 heterocycles. The molecule has 6 N–H and O–H groups in total. The number of rotatable bonds is 10. The molecule has 1 aromatic carbocycles. The summed E-state index contributed by atoms with van der Waals surface area (Å²) < 4.78 is 31.4. The Morgan fingerprint density at radius 1 is 1.16 bits per heavy atom. The number of hydrogen-bond donors (Lipinski definition) is 5. The van der Waals surface area contributed by atoms with Crippen molar-refractivity contribution in [3.8, 4) is 11.1 Å². The molecule has 2 saturated heterocycles. The summed E-state index contributed by atoms with van der Waals surface area (Å²) in [4.78, 5) is 50.7. The fraction of sp³-hybridized carbons (Fsp3) is 0.423. The highest BCUT2D eigenvalue weighted by Crippen LogP contribution is 2.49. The number of aromatic amines is 1. The molecule has 3 aromatic heterocycles. The zero-order chi connectivity index (χ0) is 31.9. The molecular formula is C26H30N7O10PS. The maximum atomic E-state index is 12.7.